The molecule has 3 rings (SSSR count). The zero-order valence-corrected chi connectivity index (χ0v) is 11.8. The van der Waals surface area contributed by atoms with Crippen LogP contribution in [0.4, 0.5) is 0 Å². The Kier molecular flexibility index (Phi) is 3.50. The van der Waals surface area contributed by atoms with Gasteiger partial charge in [0.1, 0.15) is 0 Å². The molecule has 2 aliphatic carbocycles. The molecule has 0 heterocycles. The van der Waals surface area contributed by atoms with Crippen molar-refractivity contribution in [2.75, 3.05) is 0 Å². The minimum Gasteiger partial charge on any atom is -0.267 e. The Morgan fingerprint density at radius 1 is 1.26 bits per heavy atom. The number of fused-ring (bicyclic) bond motifs is 2. The molecule has 2 fully saturated rings. The van der Waals surface area contributed by atoms with Crippen molar-refractivity contribution in [2.24, 2.45) is 16.9 Å². The van der Waals surface area contributed by atoms with Crippen molar-refractivity contribution < 1.29 is 4.79 Å². The van der Waals surface area contributed by atoms with E-state index in [1.54, 1.807) is 18.2 Å². The molecule has 100 valence electrons. The summed E-state index contributed by atoms with van der Waals surface area (Å²) >= 11 is 11.7. The number of carbonyl (C=O) groups excluding carboxylic acids is 1. The maximum Gasteiger partial charge on any atom is 0.271 e. The van der Waals surface area contributed by atoms with Crippen LogP contribution in [-0.2, 0) is 0 Å². The molecule has 0 aromatic heterocycles. The van der Waals surface area contributed by atoms with Gasteiger partial charge in [-0.2, -0.15) is 5.10 Å². The molecule has 0 aliphatic heterocycles. The van der Waals surface area contributed by atoms with Crippen LogP contribution in [0.15, 0.2) is 23.3 Å². The highest BCUT2D eigenvalue weighted by molar-refractivity contribution is 6.42. The van der Waals surface area contributed by atoms with E-state index in [0.717, 1.165) is 18.1 Å². The lowest BCUT2D eigenvalue weighted by molar-refractivity contribution is 0.0954. The van der Waals surface area contributed by atoms with E-state index in [2.05, 4.69) is 10.5 Å². The highest BCUT2D eigenvalue weighted by atomic mass is 35.5. The summed E-state index contributed by atoms with van der Waals surface area (Å²) in [6.45, 7) is 0. The summed E-state index contributed by atoms with van der Waals surface area (Å²) in [6, 6.07) is 4.81. The van der Waals surface area contributed by atoms with Gasteiger partial charge >= 0.3 is 0 Å². The Bertz CT molecular complexity index is 556. The minimum absolute atomic E-state index is 0.242. The topological polar surface area (TPSA) is 41.5 Å². The molecule has 5 heteroatoms. The Balaban J connectivity index is 1.68. The molecule has 1 N–H and O–H groups in total. The van der Waals surface area contributed by atoms with Crippen molar-refractivity contribution in [1.82, 2.24) is 5.43 Å². The molecule has 2 atom stereocenters. The van der Waals surface area contributed by atoms with E-state index in [-0.39, 0.29) is 5.91 Å². The van der Waals surface area contributed by atoms with Crippen LogP contribution in [0.1, 0.15) is 36.0 Å². The lowest BCUT2D eigenvalue weighted by atomic mass is 9.99. The maximum atomic E-state index is 12.0. The van der Waals surface area contributed by atoms with E-state index < -0.39 is 0 Å². The van der Waals surface area contributed by atoms with Gasteiger partial charge in [-0.15, -0.1) is 0 Å². The Labute approximate surface area is 122 Å². The van der Waals surface area contributed by atoms with Crippen molar-refractivity contribution >= 4 is 34.8 Å². The molecule has 1 aromatic carbocycles. The molecule has 2 aliphatic rings. The minimum atomic E-state index is -0.242. The lowest BCUT2D eigenvalue weighted by Crippen LogP contribution is -2.21. The average Bonchev–Trinajstić information content (AvgIpc) is 3.01. The van der Waals surface area contributed by atoms with Gasteiger partial charge in [-0.3, -0.25) is 4.79 Å². The molecule has 2 bridgehead atoms. The third-order valence-corrected chi connectivity index (χ3v) is 4.73. The fraction of sp³-hybridized carbons (Fsp3) is 0.429. The predicted octanol–water partition coefficient (Wildman–Crippen LogP) is 3.90. The smallest absolute Gasteiger partial charge is 0.267 e. The summed E-state index contributed by atoms with van der Waals surface area (Å²) in [4.78, 5) is 12.0. The van der Waals surface area contributed by atoms with Gasteiger partial charge < -0.3 is 0 Å². The highest BCUT2D eigenvalue weighted by Crippen LogP contribution is 2.42. The Morgan fingerprint density at radius 2 is 2.11 bits per heavy atom. The summed E-state index contributed by atoms with van der Waals surface area (Å²) in [6.07, 6.45) is 4.80. The van der Waals surface area contributed by atoms with Gasteiger partial charge in [0.2, 0.25) is 0 Å². The molecule has 2 unspecified atom stereocenters. The zero-order valence-electron chi connectivity index (χ0n) is 10.3. The molecule has 3 nitrogen and oxygen atoms in total. The van der Waals surface area contributed by atoms with Gasteiger partial charge in [0.25, 0.3) is 5.91 Å². The van der Waals surface area contributed by atoms with Gasteiger partial charge in [0.15, 0.2) is 0 Å². The number of nitrogens with zero attached hydrogens (tertiary/aromatic N) is 1. The number of hydrogen-bond acceptors (Lipinski definition) is 2. The van der Waals surface area contributed by atoms with Crippen LogP contribution >= 0.6 is 23.2 Å². The number of hydrogen-bond donors (Lipinski definition) is 1. The van der Waals surface area contributed by atoms with Crippen LogP contribution in [-0.4, -0.2) is 11.6 Å². The van der Waals surface area contributed by atoms with Gasteiger partial charge in [0, 0.05) is 11.3 Å². The standard InChI is InChI=1S/C14H14Cl2N2O/c15-11-4-3-10(7-12(11)16)14(19)18-17-13-6-8-1-2-9(13)5-8/h3-4,7-9H,1-2,5-6H2,(H,18,19)/b17-13+. The van der Waals surface area contributed by atoms with Gasteiger partial charge in [-0.1, -0.05) is 23.2 Å². The van der Waals surface area contributed by atoms with Crippen molar-refractivity contribution in [3.8, 4) is 0 Å². The fourth-order valence-electron chi connectivity index (χ4n) is 2.99. The SMILES string of the molecule is O=C(N/N=C1\CC2CCC1C2)c1ccc(Cl)c(Cl)c1. The van der Waals surface area contributed by atoms with Crippen LogP contribution in [0, 0.1) is 11.8 Å². The van der Waals surface area contributed by atoms with Crippen LogP contribution in [0.2, 0.25) is 10.0 Å². The Morgan fingerprint density at radius 3 is 2.74 bits per heavy atom. The first-order valence-electron chi connectivity index (χ1n) is 6.45. The number of amides is 1. The normalized spacial score (nSPS) is 26.9. The van der Waals surface area contributed by atoms with Crippen molar-refractivity contribution in [3.63, 3.8) is 0 Å². The van der Waals surface area contributed by atoms with Gasteiger partial charge in [0.05, 0.1) is 10.0 Å². The number of carbonyl (C=O) groups is 1. The molecule has 1 amide bonds. The molecule has 0 saturated heterocycles. The Hall–Kier alpha value is -1.06. The van der Waals surface area contributed by atoms with Crippen LogP contribution in [0.3, 0.4) is 0 Å². The lowest BCUT2D eigenvalue weighted by Gasteiger charge is -2.11. The van der Waals surface area contributed by atoms with E-state index in [1.807, 2.05) is 0 Å². The summed E-state index contributed by atoms with van der Waals surface area (Å²) in [5, 5.41) is 5.09. The summed E-state index contributed by atoms with van der Waals surface area (Å²) < 4.78 is 0. The van der Waals surface area contributed by atoms with Crippen LogP contribution in [0.25, 0.3) is 0 Å². The third-order valence-electron chi connectivity index (χ3n) is 3.99. The second kappa shape index (κ2) is 5.14. The number of halogens is 2. The molecule has 19 heavy (non-hydrogen) atoms. The van der Waals surface area contributed by atoms with Gasteiger partial charge in [-0.25, -0.2) is 5.43 Å². The van der Waals surface area contributed by atoms with E-state index in [1.165, 1.54) is 19.3 Å². The zero-order chi connectivity index (χ0) is 13.4. The first-order valence-corrected chi connectivity index (χ1v) is 7.21. The molecule has 0 radical (unpaired) electrons. The van der Waals surface area contributed by atoms with Crippen LogP contribution < -0.4 is 5.43 Å². The summed E-state index contributed by atoms with van der Waals surface area (Å²) in [5.74, 6) is 1.12. The van der Waals surface area contributed by atoms with Crippen molar-refractivity contribution in [2.45, 2.75) is 25.7 Å². The van der Waals surface area contributed by atoms with Crippen molar-refractivity contribution in [3.05, 3.63) is 33.8 Å². The average molecular weight is 297 g/mol. The highest BCUT2D eigenvalue weighted by Gasteiger charge is 2.36. The number of rotatable bonds is 2. The van der Waals surface area contributed by atoms with E-state index in [9.17, 15) is 4.79 Å². The van der Waals surface area contributed by atoms with Crippen molar-refractivity contribution in [1.29, 1.82) is 0 Å². The van der Waals surface area contributed by atoms with E-state index in [4.69, 9.17) is 23.2 Å². The molecule has 1 aromatic rings. The van der Waals surface area contributed by atoms with E-state index >= 15 is 0 Å². The number of hydrazone groups is 1. The molecule has 0 spiro atoms. The molecule has 2 saturated carbocycles. The summed E-state index contributed by atoms with van der Waals surface area (Å²) in [5.41, 5.74) is 4.24. The fourth-order valence-corrected chi connectivity index (χ4v) is 3.28. The maximum absolute atomic E-state index is 12.0. The monoisotopic (exact) mass is 296 g/mol. The second-order valence-electron chi connectivity index (χ2n) is 5.25. The molecular weight excluding hydrogens is 283 g/mol. The third kappa shape index (κ3) is 2.63. The largest absolute Gasteiger partial charge is 0.271 e. The summed E-state index contributed by atoms with van der Waals surface area (Å²) in [7, 11) is 0. The number of benzene rings is 1. The van der Waals surface area contributed by atoms with Gasteiger partial charge in [-0.05, 0) is 55.7 Å². The number of nitrogens with one attached hydrogen (secondary N) is 1. The first kappa shape index (κ1) is 12.9. The van der Waals surface area contributed by atoms with Crippen LogP contribution in [0.5, 0.6) is 0 Å². The quantitative estimate of drug-likeness (QED) is 0.826. The molecular formula is C14H14Cl2N2O. The predicted molar refractivity (Wildman–Crippen MR) is 76.8 cm³/mol. The second-order valence-corrected chi connectivity index (χ2v) is 6.07. The first-order chi connectivity index (χ1) is 9.13. The van der Waals surface area contributed by atoms with E-state index in [0.29, 0.717) is 21.5 Å².